The van der Waals surface area contributed by atoms with E-state index in [1.807, 2.05) is 24.3 Å². The summed E-state index contributed by atoms with van der Waals surface area (Å²) >= 11 is 18.4. The average molecular weight is 396 g/mol. The summed E-state index contributed by atoms with van der Waals surface area (Å²) in [6, 6.07) is 12.7. The van der Waals surface area contributed by atoms with Gasteiger partial charge in [0.15, 0.2) is 0 Å². The van der Waals surface area contributed by atoms with E-state index in [1.54, 1.807) is 24.3 Å². The molecule has 24 heavy (non-hydrogen) atoms. The zero-order valence-electron chi connectivity index (χ0n) is 12.2. The number of halogens is 2. The monoisotopic (exact) mass is 395 g/mol. The molecule has 1 aliphatic rings. The normalized spacial score (nSPS) is 15.7. The SMILES string of the molecule is O=C1NC(=S)S/C1=C\c1cc(Cl)ccc1OCc1ccccc1Cl. The van der Waals surface area contributed by atoms with Crippen molar-refractivity contribution in [3.05, 3.63) is 68.5 Å². The first kappa shape index (κ1) is 17.3. The van der Waals surface area contributed by atoms with E-state index in [0.717, 1.165) is 5.56 Å². The zero-order valence-corrected chi connectivity index (χ0v) is 15.4. The molecule has 0 bridgehead atoms. The summed E-state index contributed by atoms with van der Waals surface area (Å²) in [6.07, 6.45) is 1.72. The van der Waals surface area contributed by atoms with Crippen molar-refractivity contribution in [2.75, 3.05) is 0 Å². The first-order valence-electron chi connectivity index (χ1n) is 6.93. The quantitative estimate of drug-likeness (QED) is 0.579. The lowest BCUT2D eigenvalue weighted by Crippen LogP contribution is -2.17. The second kappa shape index (κ2) is 7.57. The Balaban J connectivity index is 1.86. The van der Waals surface area contributed by atoms with Crippen molar-refractivity contribution in [3.63, 3.8) is 0 Å². The highest BCUT2D eigenvalue weighted by Crippen LogP contribution is 2.31. The summed E-state index contributed by atoms with van der Waals surface area (Å²) in [4.78, 5) is 12.3. The molecular weight excluding hydrogens is 385 g/mol. The molecule has 0 unspecified atom stereocenters. The smallest absolute Gasteiger partial charge is 0.263 e. The van der Waals surface area contributed by atoms with Gasteiger partial charge in [-0.1, -0.05) is 65.4 Å². The summed E-state index contributed by atoms with van der Waals surface area (Å²) in [7, 11) is 0. The Labute approximate surface area is 159 Å². The Kier molecular flexibility index (Phi) is 5.46. The summed E-state index contributed by atoms with van der Waals surface area (Å²) in [6.45, 7) is 0.315. The minimum absolute atomic E-state index is 0.220. The molecule has 3 nitrogen and oxygen atoms in total. The van der Waals surface area contributed by atoms with Crippen LogP contribution in [0.1, 0.15) is 11.1 Å². The van der Waals surface area contributed by atoms with E-state index in [4.69, 9.17) is 40.2 Å². The van der Waals surface area contributed by atoms with Crippen LogP contribution in [0, 0.1) is 0 Å². The first-order chi connectivity index (χ1) is 11.5. The van der Waals surface area contributed by atoms with Gasteiger partial charge < -0.3 is 10.1 Å². The van der Waals surface area contributed by atoms with E-state index in [2.05, 4.69) is 5.32 Å². The van der Waals surface area contributed by atoms with Crippen LogP contribution >= 0.6 is 47.2 Å². The molecule has 0 spiro atoms. The van der Waals surface area contributed by atoms with Gasteiger partial charge in [0.1, 0.15) is 16.7 Å². The lowest BCUT2D eigenvalue weighted by Gasteiger charge is -2.11. The van der Waals surface area contributed by atoms with Crippen LogP contribution < -0.4 is 10.1 Å². The van der Waals surface area contributed by atoms with Crippen molar-refractivity contribution < 1.29 is 9.53 Å². The van der Waals surface area contributed by atoms with E-state index in [9.17, 15) is 4.79 Å². The van der Waals surface area contributed by atoms with Gasteiger partial charge in [0.05, 0.1) is 4.91 Å². The molecule has 2 aromatic carbocycles. The maximum Gasteiger partial charge on any atom is 0.263 e. The van der Waals surface area contributed by atoms with E-state index < -0.39 is 0 Å². The fourth-order valence-corrected chi connectivity index (χ4v) is 3.50. The highest BCUT2D eigenvalue weighted by atomic mass is 35.5. The number of thioether (sulfide) groups is 1. The summed E-state index contributed by atoms with van der Waals surface area (Å²) < 4.78 is 6.31. The third-order valence-electron chi connectivity index (χ3n) is 3.24. The van der Waals surface area contributed by atoms with E-state index in [-0.39, 0.29) is 5.91 Å². The fourth-order valence-electron chi connectivity index (χ4n) is 2.10. The second-order valence-electron chi connectivity index (χ2n) is 4.91. The van der Waals surface area contributed by atoms with Gasteiger partial charge in [0, 0.05) is 21.2 Å². The van der Waals surface area contributed by atoms with Crippen molar-refractivity contribution in [1.29, 1.82) is 0 Å². The van der Waals surface area contributed by atoms with E-state index in [1.165, 1.54) is 11.8 Å². The van der Waals surface area contributed by atoms with Gasteiger partial charge in [-0.3, -0.25) is 4.79 Å². The summed E-state index contributed by atoms with van der Waals surface area (Å²) in [5.74, 6) is 0.389. The van der Waals surface area contributed by atoms with Gasteiger partial charge in [-0.2, -0.15) is 0 Å². The molecule has 2 aromatic rings. The Hall–Kier alpha value is -1.53. The fraction of sp³-hybridized carbons (Fsp3) is 0.0588. The van der Waals surface area contributed by atoms with Crippen LogP contribution in [0.4, 0.5) is 0 Å². The zero-order chi connectivity index (χ0) is 17.1. The Morgan fingerprint density at radius 1 is 1.21 bits per heavy atom. The lowest BCUT2D eigenvalue weighted by molar-refractivity contribution is -0.115. The minimum atomic E-state index is -0.220. The van der Waals surface area contributed by atoms with Gasteiger partial charge in [-0.05, 0) is 30.3 Å². The number of carbonyl (C=O) groups is 1. The first-order valence-corrected chi connectivity index (χ1v) is 8.91. The van der Waals surface area contributed by atoms with Crippen LogP contribution in [-0.4, -0.2) is 10.2 Å². The predicted octanol–water partition coefficient (Wildman–Crippen LogP) is 5.06. The molecular formula is C17H11Cl2NO2S2. The van der Waals surface area contributed by atoms with Crippen molar-refractivity contribution >= 4 is 63.5 Å². The molecule has 0 aliphatic carbocycles. The van der Waals surface area contributed by atoms with Crippen LogP contribution in [0.5, 0.6) is 5.75 Å². The van der Waals surface area contributed by atoms with Crippen molar-refractivity contribution in [2.24, 2.45) is 0 Å². The number of carbonyl (C=O) groups excluding carboxylic acids is 1. The lowest BCUT2D eigenvalue weighted by atomic mass is 10.1. The third-order valence-corrected chi connectivity index (χ3v) is 5.01. The molecule has 7 heteroatoms. The maximum atomic E-state index is 11.8. The molecule has 0 aromatic heterocycles. The molecule has 1 saturated heterocycles. The molecule has 0 saturated carbocycles. The standard InChI is InChI=1S/C17H11Cl2NO2S2/c18-12-5-6-14(22-9-10-3-1-2-4-13(10)19)11(7-12)8-15-16(21)20-17(23)24-15/h1-8H,9H2,(H,20,21,23)/b15-8-. The van der Waals surface area contributed by atoms with Gasteiger partial charge in [0.25, 0.3) is 5.91 Å². The molecule has 1 aliphatic heterocycles. The number of nitrogens with one attached hydrogen (secondary N) is 1. The van der Waals surface area contributed by atoms with Crippen LogP contribution in [0.15, 0.2) is 47.4 Å². The molecule has 0 atom stereocenters. The molecule has 1 fully saturated rings. The Morgan fingerprint density at radius 3 is 2.71 bits per heavy atom. The number of hydrogen-bond acceptors (Lipinski definition) is 4. The third kappa shape index (κ3) is 4.11. The van der Waals surface area contributed by atoms with Crippen LogP contribution in [-0.2, 0) is 11.4 Å². The number of thiocarbonyl (C=S) groups is 1. The largest absolute Gasteiger partial charge is 0.488 e. The molecule has 1 amide bonds. The number of amides is 1. The van der Waals surface area contributed by atoms with Crippen LogP contribution in [0.2, 0.25) is 10.0 Å². The predicted molar refractivity (Wildman–Crippen MR) is 104 cm³/mol. The number of benzene rings is 2. The molecule has 0 radical (unpaired) electrons. The van der Waals surface area contributed by atoms with Crippen LogP contribution in [0.3, 0.4) is 0 Å². The highest BCUT2D eigenvalue weighted by Gasteiger charge is 2.22. The number of ether oxygens (including phenoxy) is 1. The summed E-state index contributed by atoms with van der Waals surface area (Å²) in [5, 5.41) is 3.78. The topological polar surface area (TPSA) is 38.3 Å². The summed E-state index contributed by atoms with van der Waals surface area (Å²) in [5.41, 5.74) is 1.58. The van der Waals surface area contributed by atoms with Gasteiger partial charge in [-0.25, -0.2) is 0 Å². The maximum absolute atomic E-state index is 11.8. The Bertz CT molecular complexity index is 852. The molecule has 1 N–H and O–H groups in total. The Morgan fingerprint density at radius 2 is 2.00 bits per heavy atom. The minimum Gasteiger partial charge on any atom is -0.488 e. The van der Waals surface area contributed by atoms with Crippen LogP contribution in [0.25, 0.3) is 6.08 Å². The van der Waals surface area contributed by atoms with E-state index in [0.29, 0.717) is 37.2 Å². The molecule has 122 valence electrons. The second-order valence-corrected chi connectivity index (χ2v) is 7.48. The van der Waals surface area contributed by atoms with E-state index >= 15 is 0 Å². The highest BCUT2D eigenvalue weighted by molar-refractivity contribution is 8.26. The van der Waals surface area contributed by atoms with Gasteiger partial charge in [-0.15, -0.1) is 0 Å². The van der Waals surface area contributed by atoms with Gasteiger partial charge in [0.2, 0.25) is 0 Å². The van der Waals surface area contributed by atoms with Crippen molar-refractivity contribution in [3.8, 4) is 5.75 Å². The van der Waals surface area contributed by atoms with Crippen molar-refractivity contribution in [2.45, 2.75) is 6.61 Å². The molecule has 1 heterocycles. The molecule has 3 rings (SSSR count). The van der Waals surface area contributed by atoms with Gasteiger partial charge >= 0.3 is 0 Å². The van der Waals surface area contributed by atoms with Crippen molar-refractivity contribution in [1.82, 2.24) is 5.32 Å². The average Bonchev–Trinajstić information content (AvgIpc) is 2.85. The number of hydrogen-bond donors (Lipinski definition) is 1. The number of rotatable bonds is 4.